The second-order valence-corrected chi connectivity index (χ2v) is 3.51. The van der Waals surface area contributed by atoms with Crippen LogP contribution in [0.15, 0.2) is 36.7 Å². The van der Waals surface area contributed by atoms with Crippen LogP contribution < -0.4 is 5.73 Å². The van der Waals surface area contributed by atoms with E-state index in [0.29, 0.717) is 0 Å². The number of anilines is 1. The predicted molar refractivity (Wildman–Crippen MR) is 59.2 cm³/mol. The molecule has 1 aromatic carbocycles. The van der Waals surface area contributed by atoms with Gasteiger partial charge in [-0.3, -0.25) is 4.68 Å². The first-order chi connectivity index (χ1) is 7.34. The highest BCUT2D eigenvalue weighted by atomic mass is 15.4. The summed E-state index contributed by atoms with van der Waals surface area (Å²) in [5, 5.41) is 7.66. The third-order valence-corrected chi connectivity index (χ3v) is 2.28. The molecule has 0 aliphatic rings. The zero-order chi connectivity index (χ0) is 10.5. The molecule has 0 saturated carbocycles. The van der Waals surface area contributed by atoms with Crippen molar-refractivity contribution in [2.75, 3.05) is 5.73 Å². The molecule has 1 aromatic heterocycles. The quantitative estimate of drug-likeness (QED) is 0.764. The summed E-state index contributed by atoms with van der Waals surface area (Å²) in [6.45, 7) is 0.898. The lowest BCUT2D eigenvalue weighted by Crippen LogP contribution is -2.00. The molecule has 0 unspecified atom stereocenters. The van der Waals surface area contributed by atoms with Crippen LogP contribution in [0.1, 0.15) is 12.0 Å². The molecule has 0 fully saturated rings. The molecular weight excluding hydrogens is 188 g/mol. The summed E-state index contributed by atoms with van der Waals surface area (Å²) in [5.74, 6) is 0. The maximum Gasteiger partial charge on any atom is 0.0692 e. The number of benzene rings is 1. The first-order valence-corrected chi connectivity index (χ1v) is 5.03. The van der Waals surface area contributed by atoms with Gasteiger partial charge in [-0.25, -0.2) is 0 Å². The van der Waals surface area contributed by atoms with Crippen molar-refractivity contribution in [3.63, 3.8) is 0 Å². The number of nitrogens with zero attached hydrogens (tertiary/aromatic N) is 3. The Morgan fingerprint density at radius 3 is 3.00 bits per heavy atom. The van der Waals surface area contributed by atoms with Gasteiger partial charge >= 0.3 is 0 Å². The van der Waals surface area contributed by atoms with Crippen LogP contribution in [0.3, 0.4) is 0 Å². The van der Waals surface area contributed by atoms with Gasteiger partial charge in [-0.2, -0.15) is 0 Å². The van der Waals surface area contributed by atoms with Gasteiger partial charge in [0.25, 0.3) is 0 Å². The summed E-state index contributed by atoms with van der Waals surface area (Å²) in [4.78, 5) is 0. The topological polar surface area (TPSA) is 56.7 Å². The normalized spacial score (nSPS) is 10.4. The molecule has 78 valence electrons. The van der Waals surface area contributed by atoms with E-state index in [0.717, 1.165) is 25.1 Å². The maximum absolute atomic E-state index is 5.70. The molecule has 2 aromatic rings. The Morgan fingerprint density at radius 1 is 1.33 bits per heavy atom. The van der Waals surface area contributed by atoms with Gasteiger partial charge in [0.1, 0.15) is 0 Å². The lowest BCUT2D eigenvalue weighted by atomic mass is 10.1. The molecule has 0 amide bonds. The lowest BCUT2D eigenvalue weighted by molar-refractivity contribution is 0.559. The van der Waals surface area contributed by atoms with Crippen molar-refractivity contribution in [1.82, 2.24) is 15.0 Å². The van der Waals surface area contributed by atoms with Crippen LogP contribution in [0.25, 0.3) is 0 Å². The molecule has 0 spiro atoms. The Morgan fingerprint density at radius 2 is 2.27 bits per heavy atom. The highest BCUT2D eigenvalue weighted by Crippen LogP contribution is 2.08. The van der Waals surface area contributed by atoms with E-state index < -0.39 is 0 Å². The van der Waals surface area contributed by atoms with E-state index in [4.69, 9.17) is 5.73 Å². The fraction of sp³-hybridized carbons (Fsp3) is 0.273. The van der Waals surface area contributed by atoms with Gasteiger partial charge in [0.15, 0.2) is 0 Å². The van der Waals surface area contributed by atoms with Crippen molar-refractivity contribution in [2.45, 2.75) is 19.4 Å². The Labute approximate surface area is 88.7 Å². The number of rotatable bonds is 4. The van der Waals surface area contributed by atoms with Gasteiger partial charge in [0.2, 0.25) is 0 Å². The number of hydrogen-bond donors (Lipinski definition) is 1. The first-order valence-electron chi connectivity index (χ1n) is 5.03. The van der Waals surface area contributed by atoms with Crippen molar-refractivity contribution in [1.29, 1.82) is 0 Å². The average Bonchev–Trinajstić information content (AvgIpc) is 2.71. The second kappa shape index (κ2) is 4.59. The molecular formula is C11H14N4. The molecule has 2 N–H and O–H groups in total. The van der Waals surface area contributed by atoms with Gasteiger partial charge in [0.05, 0.1) is 6.20 Å². The third-order valence-electron chi connectivity index (χ3n) is 2.28. The van der Waals surface area contributed by atoms with Crippen LogP contribution in [0, 0.1) is 0 Å². The number of aromatic nitrogens is 3. The summed E-state index contributed by atoms with van der Waals surface area (Å²) in [7, 11) is 0. The highest BCUT2D eigenvalue weighted by molar-refractivity contribution is 5.40. The number of aryl methyl sites for hydroxylation is 2. The van der Waals surface area contributed by atoms with E-state index in [9.17, 15) is 0 Å². The molecule has 0 atom stereocenters. The van der Waals surface area contributed by atoms with Crippen molar-refractivity contribution < 1.29 is 0 Å². The fourth-order valence-corrected chi connectivity index (χ4v) is 1.55. The zero-order valence-electron chi connectivity index (χ0n) is 8.50. The van der Waals surface area contributed by atoms with Crippen molar-refractivity contribution >= 4 is 5.69 Å². The van der Waals surface area contributed by atoms with Crippen LogP contribution >= 0.6 is 0 Å². The predicted octanol–water partition coefficient (Wildman–Crippen LogP) is 1.49. The van der Waals surface area contributed by atoms with E-state index in [2.05, 4.69) is 16.4 Å². The fourth-order valence-electron chi connectivity index (χ4n) is 1.55. The van der Waals surface area contributed by atoms with E-state index in [1.165, 1.54) is 5.56 Å². The van der Waals surface area contributed by atoms with Gasteiger partial charge in [0, 0.05) is 18.4 Å². The van der Waals surface area contributed by atoms with E-state index in [-0.39, 0.29) is 0 Å². The van der Waals surface area contributed by atoms with Crippen molar-refractivity contribution in [2.24, 2.45) is 0 Å². The van der Waals surface area contributed by atoms with Crippen molar-refractivity contribution in [3.8, 4) is 0 Å². The van der Waals surface area contributed by atoms with E-state index >= 15 is 0 Å². The summed E-state index contributed by atoms with van der Waals surface area (Å²) in [6.07, 6.45) is 5.64. The maximum atomic E-state index is 5.70. The van der Waals surface area contributed by atoms with Gasteiger partial charge < -0.3 is 5.73 Å². The molecule has 0 bridgehead atoms. The van der Waals surface area contributed by atoms with Crippen LogP contribution in [-0.4, -0.2) is 15.0 Å². The Kier molecular flexibility index (Phi) is 2.97. The van der Waals surface area contributed by atoms with Crippen LogP contribution in [0.2, 0.25) is 0 Å². The smallest absolute Gasteiger partial charge is 0.0692 e. The zero-order valence-corrected chi connectivity index (χ0v) is 8.50. The van der Waals surface area contributed by atoms with E-state index in [1.807, 2.05) is 29.1 Å². The lowest BCUT2D eigenvalue weighted by Gasteiger charge is -2.02. The standard InChI is InChI=1S/C11H14N4/c12-11-5-1-3-10(9-11)4-2-7-15-8-6-13-14-15/h1,3,5-6,8-9H,2,4,7,12H2. The molecule has 1 heterocycles. The number of nitrogens with two attached hydrogens (primary N) is 1. The molecule has 15 heavy (non-hydrogen) atoms. The highest BCUT2D eigenvalue weighted by Gasteiger charge is 1.95. The Balaban J connectivity index is 1.83. The summed E-state index contributed by atoms with van der Waals surface area (Å²) < 4.78 is 1.84. The molecule has 4 heteroatoms. The van der Waals surface area contributed by atoms with Crippen LogP contribution in [-0.2, 0) is 13.0 Å². The monoisotopic (exact) mass is 202 g/mol. The second-order valence-electron chi connectivity index (χ2n) is 3.51. The van der Waals surface area contributed by atoms with Gasteiger partial charge in [-0.1, -0.05) is 17.3 Å². The Hall–Kier alpha value is -1.84. The minimum absolute atomic E-state index is 0.827. The van der Waals surface area contributed by atoms with Crippen LogP contribution in [0.5, 0.6) is 0 Å². The first kappa shape index (κ1) is 9.71. The summed E-state index contributed by atoms with van der Waals surface area (Å²) in [5.41, 5.74) is 7.80. The molecule has 0 aliphatic carbocycles. The van der Waals surface area contributed by atoms with Gasteiger partial charge in [-0.05, 0) is 30.5 Å². The molecule has 0 radical (unpaired) electrons. The molecule has 0 saturated heterocycles. The molecule has 4 nitrogen and oxygen atoms in total. The third kappa shape index (κ3) is 2.80. The van der Waals surface area contributed by atoms with Crippen LogP contribution in [0.4, 0.5) is 5.69 Å². The molecule has 0 aliphatic heterocycles. The largest absolute Gasteiger partial charge is 0.399 e. The Bertz CT molecular complexity index is 408. The summed E-state index contributed by atoms with van der Waals surface area (Å²) >= 11 is 0. The van der Waals surface area contributed by atoms with E-state index in [1.54, 1.807) is 6.20 Å². The number of hydrogen-bond acceptors (Lipinski definition) is 3. The molecule has 2 rings (SSSR count). The average molecular weight is 202 g/mol. The minimum Gasteiger partial charge on any atom is -0.399 e. The minimum atomic E-state index is 0.827. The number of nitrogen functional groups attached to an aromatic ring is 1. The van der Waals surface area contributed by atoms with Crippen molar-refractivity contribution in [3.05, 3.63) is 42.2 Å². The van der Waals surface area contributed by atoms with Gasteiger partial charge in [-0.15, -0.1) is 5.10 Å². The summed E-state index contributed by atoms with van der Waals surface area (Å²) in [6, 6.07) is 8.00. The SMILES string of the molecule is Nc1cccc(CCCn2ccnn2)c1.